The molecule has 0 spiro atoms. The van der Waals surface area contributed by atoms with Crippen molar-refractivity contribution in [2.24, 2.45) is 0 Å². The normalized spacial score (nSPS) is 11.1. The first-order valence-electron chi connectivity index (χ1n) is 6.74. The van der Waals surface area contributed by atoms with Crippen LogP contribution in [0.15, 0.2) is 24.3 Å². The SMILES string of the molecule is CCNCc1ccccc1COCCCN(C)C. The van der Waals surface area contributed by atoms with Crippen LogP contribution in [0.2, 0.25) is 0 Å². The zero-order valence-corrected chi connectivity index (χ0v) is 11.9. The summed E-state index contributed by atoms with van der Waals surface area (Å²) in [5.41, 5.74) is 2.63. The number of nitrogens with zero attached hydrogens (tertiary/aromatic N) is 1. The lowest BCUT2D eigenvalue weighted by Crippen LogP contribution is -2.15. The number of benzene rings is 1. The molecule has 18 heavy (non-hydrogen) atoms. The van der Waals surface area contributed by atoms with Crippen LogP contribution in [0.1, 0.15) is 24.5 Å². The van der Waals surface area contributed by atoms with E-state index in [2.05, 4.69) is 55.5 Å². The van der Waals surface area contributed by atoms with E-state index < -0.39 is 0 Å². The highest BCUT2D eigenvalue weighted by molar-refractivity contribution is 5.26. The second-order valence-electron chi connectivity index (χ2n) is 4.76. The fourth-order valence-electron chi connectivity index (χ4n) is 1.80. The molecule has 0 fully saturated rings. The number of ether oxygens (including phenoxy) is 1. The van der Waals surface area contributed by atoms with Crippen LogP contribution in [0.5, 0.6) is 0 Å². The molecule has 0 aliphatic rings. The molecule has 102 valence electrons. The van der Waals surface area contributed by atoms with Crippen molar-refractivity contribution in [1.82, 2.24) is 10.2 Å². The maximum atomic E-state index is 5.74. The van der Waals surface area contributed by atoms with Crippen molar-refractivity contribution < 1.29 is 4.74 Å². The Bertz CT molecular complexity index is 326. The standard InChI is InChI=1S/C15H26N2O/c1-4-16-12-14-8-5-6-9-15(14)13-18-11-7-10-17(2)3/h5-6,8-9,16H,4,7,10-13H2,1-3H3. The van der Waals surface area contributed by atoms with Crippen molar-refractivity contribution in [3.05, 3.63) is 35.4 Å². The summed E-state index contributed by atoms with van der Waals surface area (Å²) in [7, 11) is 4.18. The smallest absolute Gasteiger partial charge is 0.0720 e. The summed E-state index contributed by atoms with van der Waals surface area (Å²) in [6.07, 6.45) is 1.09. The summed E-state index contributed by atoms with van der Waals surface area (Å²) < 4.78 is 5.74. The number of hydrogen-bond donors (Lipinski definition) is 1. The van der Waals surface area contributed by atoms with Crippen molar-refractivity contribution in [2.75, 3.05) is 33.8 Å². The average Bonchev–Trinajstić information content (AvgIpc) is 2.36. The van der Waals surface area contributed by atoms with Gasteiger partial charge in [-0.3, -0.25) is 0 Å². The minimum atomic E-state index is 0.717. The molecule has 1 aromatic carbocycles. The molecule has 0 saturated heterocycles. The van der Waals surface area contributed by atoms with E-state index in [0.29, 0.717) is 0 Å². The van der Waals surface area contributed by atoms with E-state index in [1.54, 1.807) is 0 Å². The molecule has 0 amide bonds. The monoisotopic (exact) mass is 250 g/mol. The van der Waals surface area contributed by atoms with Gasteiger partial charge in [0.25, 0.3) is 0 Å². The Kier molecular flexibility index (Phi) is 7.65. The lowest BCUT2D eigenvalue weighted by atomic mass is 10.1. The molecule has 0 aromatic heterocycles. The molecular weight excluding hydrogens is 224 g/mol. The van der Waals surface area contributed by atoms with Crippen molar-refractivity contribution in [3.63, 3.8) is 0 Å². The fourth-order valence-corrected chi connectivity index (χ4v) is 1.80. The summed E-state index contributed by atoms with van der Waals surface area (Å²) in [5, 5.41) is 3.36. The summed E-state index contributed by atoms with van der Waals surface area (Å²) in [6.45, 7) is 6.67. The van der Waals surface area contributed by atoms with Gasteiger partial charge >= 0.3 is 0 Å². The first-order chi connectivity index (χ1) is 8.74. The third-order valence-electron chi connectivity index (χ3n) is 2.84. The van der Waals surface area contributed by atoms with Crippen LogP contribution in [0.3, 0.4) is 0 Å². The van der Waals surface area contributed by atoms with Gasteiger partial charge in [0.1, 0.15) is 0 Å². The minimum absolute atomic E-state index is 0.717. The van der Waals surface area contributed by atoms with Gasteiger partial charge < -0.3 is 15.0 Å². The predicted molar refractivity (Wildman–Crippen MR) is 76.6 cm³/mol. The highest BCUT2D eigenvalue weighted by Crippen LogP contribution is 2.10. The van der Waals surface area contributed by atoms with Gasteiger partial charge in [-0.05, 0) is 44.7 Å². The van der Waals surface area contributed by atoms with E-state index in [4.69, 9.17) is 4.74 Å². The first-order valence-corrected chi connectivity index (χ1v) is 6.74. The molecule has 3 heteroatoms. The highest BCUT2D eigenvalue weighted by atomic mass is 16.5. The topological polar surface area (TPSA) is 24.5 Å². The van der Waals surface area contributed by atoms with E-state index in [1.165, 1.54) is 11.1 Å². The second-order valence-corrected chi connectivity index (χ2v) is 4.76. The third kappa shape index (κ3) is 6.15. The van der Waals surface area contributed by atoms with Crippen molar-refractivity contribution in [1.29, 1.82) is 0 Å². The van der Waals surface area contributed by atoms with Crippen LogP contribution in [0.4, 0.5) is 0 Å². The van der Waals surface area contributed by atoms with Gasteiger partial charge in [0.2, 0.25) is 0 Å². The minimum Gasteiger partial charge on any atom is -0.377 e. The third-order valence-corrected chi connectivity index (χ3v) is 2.84. The molecule has 0 aliphatic carbocycles. The number of hydrogen-bond acceptors (Lipinski definition) is 3. The predicted octanol–water partition coefficient (Wildman–Crippen LogP) is 2.26. The number of nitrogens with one attached hydrogen (secondary N) is 1. The van der Waals surface area contributed by atoms with E-state index in [1.807, 2.05) is 0 Å². The molecule has 0 radical (unpaired) electrons. The van der Waals surface area contributed by atoms with Gasteiger partial charge in [0.05, 0.1) is 6.61 Å². The summed E-state index contributed by atoms with van der Waals surface area (Å²) in [5.74, 6) is 0. The quantitative estimate of drug-likeness (QED) is 0.680. The van der Waals surface area contributed by atoms with Gasteiger partial charge in [0, 0.05) is 13.2 Å². The maximum absolute atomic E-state index is 5.74. The molecule has 0 atom stereocenters. The lowest BCUT2D eigenvalue weighted by Gasteiger charge is -2.12. The molecule has 0 bridgehead atoms. The zero-order valence-electron chi connectivity index (χ0n) is 11.9. The molecular formula is C15H26N2O. The molecule has 1 N–H and O–H groups in total. The number of rotatable bonds is 9. The van der Waals surface area contributed by atoms with E-state index in [9.17, 15) is 0 Å². The maximum Gasteiger partial charge on any atom is 0.0720 e. The van der Waals surface area contributed by atoms with Gasteiger partial charge in [0.15, 0.2) is 0 Å². The fraction of sp³-hybridized carbons (Fsp3) is 0.600. The Balaban J connectivity index is 2.32. The van der Waals surface area contributed by atoms with Gasteiger partial charge in [-0.25, -0.2) is 0 Å². The second kappa shape index (κ2) is 9.09. The molecule has 3 nitrogen and oxygen atoms in total. The summed E-state index contributed by atoms with van der Waals surface area (Å²) in [6, 6.07) is 8.48. The Labute approximate surface area is 111 Å². The molecule has 0 saturated carbocycles. The lowest BCUT2D eigenvalue weighted by molar-refractivity contribution is 0.112. The van der Waals surface area contributed by atoms with Crippen LogP contribution < -0.4 is 5.32 Å². The molecule has 1 rings (SSSR count). The van der Waals surface area contributed by atoms with Gasteiger partial charge in [-0.15, -0.1) is 0 Å². The average molecular weight is 250 g/mol. The Morgan fingerprint density at radius 1 is 1.17 bits per heavy atom. The van der Waals surface area contributed by atoms with Crippen LogP contribution in [0.25, 0.3) is 0 Å². The van der Waals surface area contributed by atoms with Crippen molar-refractivity contribution >= 4 is 0 Å². The van der Waals surface area contributed by atoms with E-state index in [-0.39, 0.29) is 0 Å². The van der Waals surface area contributed by atoms with Crippen LogP contribution in [-0.4, -0.2) is 38.7 Å². The van der Waals surface area contributed by atoms with Crippen molar-refractivity contribution in [3.8, 4) is 0 Å². The van der Waals surface area contributed by atoms with Crippen LogP contribution >= 0.6 is 0 Å². The van der Waals surface area contributed by atoms with Crippen molar-refractivity contribution in [2.45, 2.75) is 26.5 Å². The molecule has 0 aliphatic heterocycles. The summed E-state index contributed by atoms with van der Waals surface area (Å²) >= 11 is 0. The van der Waals surface area contributed by atoms with Gasteiger partial charge in [-0.1, -0.05) is 31.2 Å². The van der Waals surface area contributed by atoms with Crippen LogP contribution in [0, 0.1) is 0 Å². The molecule has 1 aromatic rings. The largest absolute Gasteiger partial charge is 0.377 e. The van der Waals surface area contributed by atoms with E-state index >= 15 is 0 Å². The van der Waals surface area contributed by atoms with Crippen LogP contribution in [-0.2, 0) is 17.9 Å². The first kappa shape index (κ1) is 15.2. The molecule has 0 unspecified atom stereocenters. The van der Waals surface area contributed by atoms with Gasteiger partial charge in [-0.2, -0.15) is 0 Å². The Morgan fingerprint density at radius 2 is 1.89 bits per heavy atom. The Morgan fingerprint density at radius 3 is 2.56 bits per heavy atom. The molecule has 0 heterocycles. The highest BCUT2D eigenvalue weighted by Gasteiger charge is 2.01. The Hall–Kier alpha value is -0.900. The zero-order chi connectivity index (χ0) is 13.2. The van der Waals surface area contributed by atoms with E-state index in [0.717, 1.165) is 39.3 Å². The summed E-state index contributed by atoms with van der Waals surface area (Å²) in [4.78, 5) is 2.18.